The van der Waals surface area contributed by atoms with Crippen LogP contribution in [-0.4, -0.2) is 43.7 Å². The third-order valence-corrected chi connectivity index (χ3v) is 6.75. The van der Waals surface area contributed by atoms with Gasteiger partial charge < -0.3 is 14.8 Å². The van der Waals surface area contributed by atoms with Gasteiger partial charge in [0.2, 0.25) is 0 Å². The molecular weight excluding hydrogens is 468 g/mol. The van der Waals surface area contributed by atoms with E-state index in [1.165, 1.54) is 19.2 Å². The molecule has 1 N–H and O–H groups in total. The molecule has 0 unspecified atom stereocenters. The molecule has 37 heavy (non-hydrogen) atoms. The second kappa shape index (κ2) is 10.0. The standard InChI is InChI=1S/C27H30N8O2/c1-16-24(18(3)36-4)17(2)35(32-16)23-12-22(29-15-30-23)31-27-26(37-5)25(33-34(27)14-20-6-7-20)21-10-8-19(13-28)9-11-21/h8-12,15,18,20H,6-7,14H2,1-5H3,(H,29,30,31)/t18-/m1/s1. The van der Waals surface area contributed by atoms with Crippen molar-refractivity contribution in [2.24, 2.45) is 5.92 Å². The molecule has 1 saturated carbocycles. The van der Waals surface area contributed by atoms with E-state index in [1.807, 2.05) is 48.3 Å². The molecule has 5 rings (SSSR count). The van der Waals surface area contributed by atoms with E-state index in [9.17, 15) is 0 Å². The molecule has 1 aliphatic rings. The predicted molar refractivity (Wildman–Crippen MR) is 139 cm³/mol. The molecule has 1 atom stereocenters. The number of hydrogen-bond donors (Lipinski definition) is 1. The second-order valence-corrected chi connectivity index (χ2v) is 9.31. The lowest BCUT2D eigenvalue weighted by atomic mass is 10.1. The van der Waals surface area contributed by atoms with E-state index in [0.717, 1.165) is 34.9 Å². The van der Waals surface area contributed by atoms with Crippen molar-refractivity contribution in [1.29, 1.82) is 5.26 Å². The highest BCUT2D eigenvalue weighted by Crippen LogP contribution is 2.40. The van der Waals surface area contributed by atoms with Crippen LogP contribution < -0.4 is 10.1 Å². The maximum absolute atomic E-state index is 9.17. The van der Waals surface area contributed by atoms with Gasteiger partial charge in [0.15, 0.2) is 17.4 Å². The number of methoxy groups -OCH3 is 2. The Hall–Kier alpha value is -4.23. The third-order valence-electron chi connectivity index (χ3n) is 6.75. The van der Waals surface area contributed by atoms with Crippen molar-refractivity contribution < 1.29 is 9.47 Å². The maximum atomic E-state index is 9.17. The summed E-state index contributed by atoms with van der Waals surface area (Å²) >= 11 is 0. The summed E-state index contributed by atoms with van der Waals surface area (Å²) in [5.74, 6) is 3.18. The lowest BCUT2D eigenvalue weighted by Crippen LogP contribution is -2.09. The normalized spacial score (nSPS) is 13.8. The number of nitriles is 1. The van der Waals surface area contributed by atoms with Crippen LogP contribution in [0.1, 0.15) is 48.4 Å². The monoisotopic (exact) mass is 498 g/mol. The van der Waals surface area contributed by atoms with Crippen LogP contribution in [-0.2, 0) is 11.3 Å². The van der Waals surface area contributed by atoms with E-state index in [-0.39, 0.29) is 6.10 Å². The first-order valence-corrected chi connectivity index (χ1v) is 12.3. The zero-order chi connectivity index (χ0) is 26.1. The minimum atomic E-state index is -0.0742. The fourth-order valence-corrected chi connectivity index (χ4v) is 4.57. The molecule has 10 nitrogen and oxygen atoms in total. The highest BCUT2D eigenvalue weighted by atomic mass is 16.5. The lowest BCUT2D eigenvalue weighted by Gasteiger charge is -2.12. The van der Waals surface area contributed by atoms with Crippen molar-refractivity contribution in [3.8, 4) is 28.9 Å². The Kier molecular flexibility index (Phi) is 6.63. The highest BCUT2D eigenvalue weighted by Gasteiger charge is 2.27. The zero-order valence-corrected chi connectivity index (χ0v) is 21.7. The van der Waals surface area contributed by atoms with E-state index in [1.54, 1.807) is 26.4 Å². The fourth-order valence-electron chi connectivity index (χ4n) is 4.57. The molecule has 3 heterocycles. The Morgan fingerprint density at radius 1 is 1.14 bits per heavy atom. The van der Waals surface area contributed by atoms with Crippen LogP contribution in [0.2, 0.25) is 0 Å². The number of anilines is 2. The van der Waals surface area contributed by atoms with Gasteiger partial charge in [-0.3, -0.25) is 0 Å². The average Bonchev–Trinajstić information content (AvgIpc) is 3.60. The first kappa shape index (κ1) is 24.5. The van der Waals surface area contributed by atoms with Gasteiger partial charge in [-0.05, 0) is 51.7 Å². The van der Waals surface area contributed by atoms with Crippen molar-refractivity contribution in [3.63, 3.8) is 0 Å². The van der Waals surface area contributed by atoms with E-state index in [0.29, 0.717) is 34.6 Å². The first-order valence-electron chi connectivity index (χ1n) is 12.3. The summed E-state index contributed by atoms with van der Waals surface area (Å²) in [6.07, 6.45) is 3.82. The quantitative estimate of drug-likeness (QED) is 0.347. The van der Waals surface area contributed by atoms with Gasteiger partial charge in [-0.15, -0.1) is 0 Å². The molecule has 1 aliphatic carbocycles. The summed E-state index contributed by atoms with van der Waals surface area (Å²) < 4.78 is 15.2. The molecule has 1 aromatic carbocycles. The van der Waals surface area contributed by atoms with Crippen molar-refractivity contribution in [2.75, 3.05) is 19.5 Å². The molecule has 0 saturated heterocycles. The van der Waals surface area contributed by atoms with Crippen LogP contribution in [0.15, 0.2) is 36.7 Å². The number of ether oxygens (including phenoxy) is 2. The smallest absolute Gasteiger partial charge is 0.189 e. The number of aromatic nitrogens is 6. The largest absolute Gasteiger partial charge is 0.491 e. The van der Waals surface area contributed by atoms with Crippen molar-refractivity contribution >= 4 is 11.6 Å². The Labute approximate surface area is 215 Å². The highest BCUT2D eigenvalue weighted by molar-refractivity contribution is 5.76. The van der Waals surface area contributed by atoms with E-state index in [4.69, 9.17) is 24.9 Å². The number of nitrogens with zero attached hydrogens (tertiary/aromatic N) is 7. The number of rotatable bonds is 9. The molecule has 0 bridgehead atoms. The van der Waals surface area contributed by atoms with Gasteiger partial charge in [0.25, 0.3) is 0 Å². The summed E-state index contributed by atoms with van der Waals surface area (Å²) in [7, 11) is 3.33. The summed E-state index contributed by atoms with van der Waals surface area (Å²) in [5, 5.41) is 22.2. The van der Waals surface area contributed by atoms with E-state index >= 15 is 0 Å². The van der Waals surface area contributed by atoms with Gasteiger partial charge >= 0.3 is 0 Å². The lowest BCUT2D eigenvalue weighted by molar-refractivity contribution is 0.118. The van der Waals surface area contributed by atoms with Crippen molar-refractivity contribution in [3.05, 3.63) is 59.2 Å². The van der Waals surface area contributed by atoms with E-state index < -0.39 is 0 Å². The minimum absolute atomic E-state index is 0.0742. The molecule has 0 spiro atoms. The Bertz CT molecular complexity index is 1460. The molecule has 190 valence electrons. The van der Waals surface area contributed by atoms with Crippen LogP contribution >= 0.6 is 0 Å². The van der Waals surface area contributed by atoms with Crippen LogP contribution in [0, 0.1) is 31.1 Å². The van der Waals surface area contributed by atoms with Gasteiger partial charge in [-0.1, -0.05) is 12.1 Å². The molecule has 1 fully saturated rings. The van der Waals surface area contributed by atoms with Crippen LogP contribution in [0.3, 0.4) is 0 Å². The van der Waals surface area contributed by atoms with Crippen molar-refractivity contribution in [2.45, 2.75) is 46.3 Å². The number of benzene rings is 1. The maximum Gasteiger partial charge on any atom is 0.189 e. The number of aryl methyl sites for hydroxylation is 1. The Balaban J connectivity index is 1.53. The number of nitrogens with one attached hydrogen (secondary N) is 1. The SMILES string of the molecule is COc1c(-c2ccc(C#N)cc2)nn(CC2CC2)c1Nc1cc(-n2nc(C)c([C@@H](C)OC)c2C)ncn1. The van der Waals surface area contributed by atoms with Crippen molar-refractivity contribution in [1.82, 2.24) is 29.5 Å². The predicted octanol–water partition coefficient (Wildman–Crippen LogP) is 4.88. The van der Waals surface area contributed by atoms with E-state index in [2.05, 4.69) is 21.4 Å². The summed E-state index contributed by atoms with van der Waals surface area (Å²) in [4.78, 5) is 8.94. The second-order valence-electron chi connectivity index (χ2n) is 9.31. The fraction of sp³-hybridized carbons (Fsp3) is 0.370. The summed E-state index contributed by atoms with van der Waals surface area (Å²) in [6.45, 7) is 6.77. The van der Waals surface area contributed by atoms with Gasteiger partial charge in [-0.2, -0.15) is 15.5 Å². The Morgan fingerprint density at radius 2 is 1.89 bits per heavy atom. The topological polar surface area (TPSA) is 116 Å². The molecule has 0 aliphatic heterocycles. The van der Waals surface area contributed by atoms with Gasteiger partial charge in [0.1, 0.15) is 17.8 Å². The zero-order valence-electron chi connectivity index (χ0n) is 21.7. The molecule has 3 aromatic heterocycles. The number of hydrogen-bond acceptors (Lipinski definition) is 8. The summed E-state index contributed by atoms with van der Waals surface area (Å²) in [6, 6.07) is 11.4. The van der Waals surface area contributed by atoms with Gasteiger partial charge in [0.05, 0.1) is 30.5 Å². The molecular formula is C27H30N8O2. The average molecular weight is 499 g/mol. The third kappa shape index (κ3) is 4.78. The van der Waals surface area contributed by atoms with Crippen LogP contribution in [0.4, 0.5) is 11.6 Å². The van der Waals surface area contributed by atoms with Crippen LogP contribution in [0.25, 0.3) is 17.1 Å². The minimum Gasteiger partial charge on any atom is -0.491 e. The molecule has 0 amide bonds. The van der Waals surface area contributed by atoms with Gasteiger partial charge in [0, 0.05) is 36.5 Å². The Morgan fingerprint density at radius 3 is 2.54 bits per heavy atom. The first-order chi connectivity index (χ1) is 17.9. The molecule has 10 heteroatoms. The van der Waals surface area contributed by atoms with Crippen LogP contribution in [0.5, 0.6) is 5.75 Å². The van der Waals surface area contributed by atoms with Gasteiger partial charge in [-0.25, -0.2) is 19.3 Å². The summed E-state index contributed by atoms with van der Waals surface area (Å²) in [5.41, 5.74) is 5.10. The molecule has 0 radical (unpaired) electrons. The molecule has 4 aromatic rings.